The molecule has 1 heterocycles. The lowest BCUT2D eigenvalue weighted by Gasteiger charge is -2.38. The molecule has 0 aromatic heterocycles. The molecular weight excluding hydrogens is 206 g/mol. The second-order valence-electron chi connectivity index (χ2n) is 6.87. The van der Waals surface area contributed by atoms with Gasteiger partial charge in [0.25, 0.3) is 0 Å². The van der Waals surface area contributed by atoms with Crippen LogP contribution in [0.3, 0.4) is 0 Å². The van der Waals surface area contributed by atoms with Crippen molar-refractivity contribution in [2.75, 3.05) is 0 Å². The lowest BCUT2D eigenvalue weighted by molar-refractivity contribution is 0.152. The van der Waals surface area contributed by atoms with Crippen LogP contribution in [-0.2, 0) is 0 Å². The molecular formula is C16H33N. The van der Waals surface area contributed by atoms with E-state index in [1.54, 1.807) is 0 Å². The summed E-state index contributed by atoms with van der Waals surface area (Å²) in [6.45, 7) is 14.4. The molecule has 4 unspecified atom stereocenters. The molecule has 5 atom stereocenters. The summed E-state index contributed by atoms with van der Waals surface area (Å²) in [6.07, 6.45) is 5.39. The fourth-order valence-electron chi connectivity index (χ4n) is 3.54. The van der Waals surface area contributed by atoms with Gasteiger partial charge in [-0.15, -0.1) is 0 Å². The number of rotatable bonds is 3. The Balaban J connectivity index is 2.68. The standard InChI is InChI=1S/C16H33N/c1-7-16-9-12(4)14(6)15(8-11(2)3)10-13(5)17-16/h11-17H,7-10H2,1-6H3/t12?,13?,14-,15?,16?/m1/s1. The predicted molar refractivity (Wildman–Crippen MR) is 77.2 cm³/mol. The van der Waals surface area contributed by atoms with Crippen LogP contribution < -0.4 is 5.32 Å². The van der Waals surface area contributed by atoms with Gasteiger partial charge in [0, 0.05) is 12.1 Å². The van der Waals surface area contributed by atoms with Crippen LogP contribution in [0.5, 0.6) is 0 Å². The van der Waals surface area contributed by atoms with Crippen LogP contribution in [0.15, 0.2) is 0 Å². The largest absolute Gasteiger partial charge is 0.311 e. The Hall–Kier alpha value is -0.0400. The van der Waals surface area contributed by atoms with Gasteiger partial charge in [-0.25, -0.2) is 0 Å². The van der Waals surface area contributed by atoms with Gasteiger partial charge >= 0.3 is 0 Å². The van der Waals surface area contributed by atoms with E-state index in [4.69, 9.17) is 0 Å². The summed E-state index contributed by atoms with van der Waals surface area (Å²) < 4.78 is 0. The van der Waals surface area contributed by atoms with Crippen molar-refractivity contribution in [1.29, 1.82) is 0 Å². The summed E-state index contributed by atoms with van der Waals surface area (Å²) in [5.74, 6) is 3.49. The number of nitrogens with one attached hydrogen (secondary N) is 1. The van der Waals surface area contributed by atoms with E-state index in [-0.39, 0.29) is 0 Å². The Morgan fingerprint density at radius 2 is 1.76 bits per heavy atom. The van der Waals surface area contributed by atoms with Crippen LogP contribution in [0.4, 0.5) is 0 Å². The fraction of sp³-hybridized carbons (Fsp3) is 1.00. The topological polar surface area (TPSA) is 12.0 Å². The van der Waals surface area contributed by atoms with E-state index in [1.165, 1.54) is 25.7 Å². The molecule has 0 aromatic rings. The number of hydrogen-bond donors (Lipinski definition) is 1. The van der Waals surface area contributed by atoms with Crippen LogP contribution >= 0.6 is 0 Å². The molecule has 1 nitrogen and oxygen atoms in total. The normalized spacial score (nSPS) is 40.1. The summed E-state index contributed by atoms with van der Waals surface area (Å²) >= 11 is 0. The second kappa shape index (κ2) is 6.78. The SMILES string of the molecule is CCC1CC(C)[C@@H](C)C(CC(C)C)CC(C)N1. The summed E-state index contributed by atoms with van der Waals surface area (Å²) in [7, 11) is 0. The van der Waals surface area contributed by atoms with E-state index in [1.807, 2.05) is 0 Å². The zero-order valence-electron chi connectivity index (χ0n) is 12.8. The molecule has 0 spiro atoms. The van der Waals surface area contributed by atoms with Gasteiger partial charge in [0.1, 0.15) is 0 Å². The number of hydrogen-bond acceptors (Lipinski definition) is 1. The zero-order valence-corrected chi connectivity index (χ0v) is 12.8. The highest BCUT2D eigenvalue weighted by atomic mass is 14.9. The maximum absolute atomic E-state index is 3.82. The van der Waals surface area contributed by atoms with Crippen molar-refractivity contribution in [3.05, 3.63) is 0 Å². The maximum atomic E-state index is 3.82. The summed E-state index contributed by atoms with van der Waals surface area (Å²) in [5.41, 5.74) is 0. The molecule has 0 bridgehead atoms. The average molecular weight is 239 g/mol. The highest BCUT2D eigenvalue weighted by Crippen LogP contribution is 2.34. The highest BCUT2D eigenvalue weighted by molar-refractivity contribution is 4.84. The minimum absolute atomic E-state index is 0.693. The fourth-order valence-corrected chi connectivity index (χ4v) is 3.54. The van der Waals surface area contributed by atoms with Crippen LogP contribution in [0.2, 0.25) is 0 Å². The molecule has 1 aliphatic rings. The van der Waals surface area contributed by atoms with Crippen LogP contribution in [0, 0.1) is 23.7 Å². The highest BCUT2D eigenvalue weighted by Gasteiger charge is 2.29. The van der Waals surface area contributed by atoms with E-state index in [0.29, 0.717) is 6.04 Å². The van der Waals surface area contributed by atoms with Crippen LogP contribution in [0.25, 0.3) is 0 Å². The zero-order chi connectivity index (χ0) is 13.0. The Kier molecular flexibility index (Phi) is 5.99. The van der Waals surface area contributed by atoms with Gasteiger partial charge in [-0.2, -0.15) is 0 Å². The van der Waals surface area contributed by atoms with Gasteiger partial charge in [-0.3, -0.25) is 0 Å². The van der Waals surface area contributed by atoms with Crippen molar-refractivity contribution in [2.45, 2.75) is 79.3 Å². The molecule has 0 aromatic carbocycles. The van der Waals surface area contributed by atoms with Crippen molar-refractivity contribution in [3.63, 3.8) is 0 Å². The van der Waals surface area contributed by atoms with Crippen molar-refractivity contribution in [2.24, 2.45) is 23.7 Å². The quantitative estimate of drug-likeness (QED) is 0.766. The van der Waals surface area contributed by atoms with E-state index < -0.39 is 0 Å². The predicted octanol–water partition coefficient (Wildman–Crippen LogP) is 4.47. The monoisotopic (exact) mass is 239 g/mol. The van der Waals surface area contributed by atoms with Crippen molar-refractivity contribution >= 4 is 0 Å². The van der Waals surface area contributed by atoms with Gasteiger partial charge in [-0.1, -0.05) is 34.6 Å². The van der Waals surface area contributed by atoms with E-state index >= 15 is 0 Å². The minimum Gasteiger partial charge on any atom is -0.311 e. The van der Waals surface area contributed by atoms with Crippen LogP contribution in [-0.4, -0.2) is 12.1 Å². The molecule has 1 aliphatic heterocycles. The molecule has 1 fully saturated rings. The van der Waals surface area contributed by atoms with Crippen LogP contribution in [0.1, 0.15) is 67.2 Å². The summed E-state index contributed by atoms with van der Waals surface area (Å²) in [5, 5.41) is 3.82. The molecule has 1 saturated heterocycles. The molecule has 0 radical (unpaired) electrons. The summed E-state index contributed by atoms with van der Waals surface area (Å²) in [6, 6.07) is 1.43. The third kappa shape index (κ3) is 4.62. The third-order valence-corrected chi connectivity index (χ3v) is 4.74. The second-order valence-corrected chi connectivity index (χ2v) is 6.87. The average Bonchev–Trinajstić information content (AvgIpc) is 2.24. The van der Waals surface area contributed by atoms with Gasteiger partial charge in [0.05, 0.1) is 0 Å². The first kappa shape index (κ1) is 15.0. The maximum Gasteiger partial charge on any atom is 0.00695 e. The lowest BCUT2D eigenvalue weighted by atomic mass is 9.73. The van der Waals surface area contributed by atoms with E-state index in [0.717, 1.165) is 29.7 Å². The first-order valence-electron chi connectivity index (χ1n) is 7.70. The Morgan fingerprint density at radius 3 is 2.29 bits per heavy atom. The Bertz CT molecular complexity index is 212. The van der Waals surface area contributed by atoms with Gasteiger partial charge < -0.3 is 5.32 Å². The minimum atomic E-state index is 0.693. The molecule has 1 N–H and O–H groups in total. The molecule has 0 saturated carbocycles. The third-order valence-electron chi connectivity index (χ3n) is 4.74. The van der Waals surface area contributed by atoms with Gasteiger partial charge in [0.2, 0.25) is 0 Å². The van der Waals surface area contributed by atoms with E-state index in [2.05, 4.69) is 46.9 Å². The Morgan fingerprint density at radius 1 is 1.12 bits per heavy atom. The first-order valence-corrected chi connectivity index (χ1v) is 7.70. The van der Waals surface area contributed by atoms with Crippen molar-refractivity contribution in [3.8, 4) is 0 Å². The lowest BCUT2D eigenvalue weighted by Crippen LogP contribution is -2.43. The molecule has 0 aliphatic carbocycles. The molecule has 1 rings (SSSR count). The van der Waals surface area contributed by atoms with E-state index in [9.17, 15) is 0 Å². The molecule has 1 heteroatoms. The summed E-state index contributed by atoms with van der Waals surface area (Å²) in [4.78, 5) is 0. The van der Waals surface area contributed by atoms with Gasteiger partial charge in [0.15, 0.2) is 0 Å². The molecule has 0 amide bonds. The van der Waals surface area contributed by atoms with Crippen molar-refractivity contribution in [1.82, 2.24) is 5.32 Å². The molecule has 102 valence electrons. The first-order chi connectivity index (χ1) is 7.93. The van der Waals surface area contributed by atoms with Gasteiger partial charge in [-0.05, 0) is 56.3 Å². The molecule has 17 heavy (non-hydrogen) atoms. The smallest absolute Gasteiger partial charge is 0.00695 e. The Labute approximate surface area is 109 Å². The van der Waals surface area contributed by atoms with Crippen molar-refractivity contribution < 1.29 is 0 Å².